The van der Waals surface area contributed by atoms with E-state index in [4.69, 9.17) is 16.3 Å². The van der Waals surface area contributed by atoms with Crippen LogP contribution in [0.5, 0.6) is 0 Å². The van der Waals surface area contributed by atoms with Gasteiger partial charge in [-0.3, -0.25) is 9.59 Å². The van der Waals surface area contributed by atoms with Crippen LogP contribution in [0.15, 0.2) is 71.2 Å². The number of rotatable bonds is 9. The number of carbonyl (C=O) groups is 3. The molecule has 0 spiro atoms. The van der Waals surface area contributed by atoms with Crippen LogP contribution in [-0.2, 0) is 20.7 Å². The lowest BCUT2D eigenvalue weighted by Gasteiger charge is -2.23. The minimum absolute atomic E-state index is 0.161. The average Bonchev–Trinajstić information content (AvgIpc) is 3.56. The van der Waals surface area contributed by atoms with Crippen molar-refractivity contribution in [3.63, 3.8) is 0 Å². The third kappa shape index (κ3) is 8.10. The first-order valence-electron chi connectivity index (χ1n) is 13.9. The number of thioether (sulfide) groups is 1. The van der Waals surface area contributed by atoms with Gasteiger partial charge in [0.25, 0.3) is 0 Å². The van der Waals surface area contributed by atoms with E-state index < -0.39 is 17.7 Å². The maximum atomic E-state index is 13.5. The molecule has 2 aromatic heterocycles. The lowest BCUT2D eigenvalue weighted by Crippen LogP contribution is -2.47. The van der Waals surface area contributed by atoms with Crippen LogP contribution in [0.2, 0.25) is 5.02 Å². The normalized spacial score (nSPS) is 12.2. The smallest absolute Gasteiger partial charge is 0.408 e. The number of fused-ring (bicyclic) bond motifs is 2. The summed E-state index contributed by atoms with van der Waals surface area (Å²) in [6.07, 6.45) is 1.43. The highest BCUT2D eigenvalue weighted by molar-refractivity contribution is 8.01. The summed E-state index contributed by atoms with van der Waals surface area (Å²) in [6, 6.07) is 17.7. The molecule has 12 heteroatoms. The Bertz CT molecular complexity index is 1850. The molecule has 0 unspecified atom stereocenters. The number of amides is 3. The molecule has 44 heavy (non-hydrogen) atoms. The van der Waals surface area contributed by atoms with E-state index in [1.807, 2.05) is 55.6 Å². The number of nitrogens with zero attached hydrogens (tertiary/aromatic N) is 1. The number of carbonyl (C=O) groups excluding carboxylic acids is 3. The maximum absolute atomic E-state index is 13.5. The molecule has 9 nitrogen and oxygen atoms in total. The highest BCUT2D eigenvalue weighted by Gasteiger charge is 2.26. The second-order valence-electron chi connectivity index (χ2n) is 11.2. The van der Waals surface area contributed by atoms with Gasteiger partial charge in [0.05, 0.1) is 16.0 Å². The van der Waals surface area contributed by atoms with E-state index in [0.29, 0.717) is 16.4 Å². The first kappa shape index (κ1) is 31.4. The number of halogens is 1. The largest absolute Gasteiger partial charge is 0.444 e. The van der Waals surface area contributed by atoms with Gasteiger partial charge in [-0.05, 0) is 75.2 Å². The van der Waals surface area contributed by atoms with Crippen LogP contribution < -0.4 is 16.0 Å². The van der Waals surface area contributed by atoms with Crippen molar-refractivity contribution in [2.75, 3.05) is 16.4 Å². The van der Waals surface area contributed by atoms with Gasteiger partial charge in [-0.1, -0.05) is 47.6 Å². The Kier molecular flexibility index (Phi) is 9.48. The summed E-state index contributed by atoms with van der Waals surface area (Å²) in [5.41, 5.74) is 4.04. The van der Waals surface area contributed by atoms with Crippen molar-refractivity contribution in [2.45, 2.75) is 50.1 Å². The third-order valence-corrected chi connectivity index (χ3v) is 8.94. The molecule has 5 rings (SSSR count). The molecule has 0 fully saturated rings. The number of thiazole rings is 1. The fourth-order valence-electron chi connectivity index (χ4n) is 4.49. The quantitative estimate of drug-likeness (QED) is 0.122. The zero-order valence-corrected chi connectivity index (χ0v) is 27.0. The van der Waals surface area contributed by atoms with E-state index in [2.05, 4.69) is 25.9 Å². The molecule has 0 saturated heterocycles. The number of nitrogens with one attached hydrogen (secondary N) is 4. The number of aromatic amines is 1. The lowest BCUT2D eigenvalue weighted by molar-refractivity contribution is -0.118. The first-order chi connectivity index (χ1) is 20.9. The standard InChI is InChI=1S/C32H32ClN5O4S2/c1-18-9-10-20(33)14-25(18)36-28(39)17-43-31-38-24-12-11-21(15-27(24)44-31)35-29(40)26(37-30(41)42-32(2,3)4)13-19-16-34-23-8-6-5-7-22(19)23/h5-12,14-16,26,34H,13,17H2,1-4H3,(H,35,40)(H,36,39)(H,37,41)/t26-/m1/s1. The maximum Gasteiger partial charge on any atom is 0.408 e. The Labute approximate surface area is 268 Å². The van der Waals surface area contributed by atoms with Crippen molar-refractivity contribution >= 4 is 85.1 Å². The molecule has 0 aliphatic rings. The van der Waals surface area contributed by atoms with Gasteiger partial charge in [-0.2, -0.15) is 0 Å². The van der Waals surface area contributed by atoms with Gasteiger partial charge >= 0.3 is 6.09 Å². The number of hydrogen-bond donors (Lipinski definition) is 4. The summed E-state index contributed by atoms with van der Waals surface area (Å²) < 4.78 is 7.02. The zero-order valence-electron chi connectivity index (χ0n) is 24.6. The minimum Gasteiger partial charge on any atom is -0.444 e. The summed E-state index contributed by atoms with van der Waals surface area (Å²) in [4.78, 5) is 46.6. The summed E-state index contributed by atoms with van der Waals surface area (Å²) >= 11 is 8.82. The fourth-order valence-corrected chi connectivity index (χ4v) is 6.57. The number of ether oxygens (including phenoxy) is 1. The number of aromatic nitrogens is 2. The van der Waals surface area contributed by atoms with E-state index in [1.54, 1.807) is 39.0 Å². The molecule has 4 N–H and O–H groups in total. The Balaban J connectivity index is 1.27. The van der Waals surface area contributed by atoms with Gasteiger partial charge < -0.3 is 25.7 Å². The molecule has 0 saturated carbocycles. The monoisotopic (exact) mass is 649 g/mol. The van der Waals surface area contributed by atoms with Crippen molar-refractivity contribution in [1.82, 2.24) is 15.3 Å². The molecular formula is C32H32ClN5O4S2. The summed E-state index contributed by atoms with van der Waals surface area (Å²) in [5.74, 6) is -0.361. The van der Waals surface area contributed by atoms with Crippen LogP contribution in [0.1, 0.15) is 31.9 Å². The van der Waals surface area contributed by atoms with Gasteiger partial charge in [-0.15, -0.1) is 11.3 Å². The number of anilines is 2. The minimum atomic E-state index is -0.894. The van der Waals surface area contributed by atoms with Gasteiger partial charge in [0.15, 0.2) is 4.34 Å². The molecule has 5 aromatic rings. The first-order valence-corrected chi connectivity index (χ1v) is 16.1. The highest BCUT2D eigenvalue weighted by atomic mass is 35.5. The number of alkyl carbamates (subject to hydrolysis) is 1. The predicted octanol–water partition coefficient (Wildman–Crippen LogP) is 7.54. The SMILES string of the molecule is Cc1ccc(Cl)cc1NC(=O)CSc1nc2ccc(NC(=O)[C@@H](Cc3c[nH]c4ccccc34)NC(=O)OC(C)(C)C)cc2s1. The molecule has 2 heterocycles. The van der Waals surface area contributed by atoms with E-state index in [0.717, 1.165) is 36.6 Å². The number of aryl methyl sites for hydroxylation is 1. The number of para-hydroxylation sites is 1. The Morgan fingerprint density at radius 2 is 1.86 bits per heavy atom. The van der Waals surface area contributed by atoms with Gasteiger partial charge in [0, 0.05) is 39.9 Å². The van der Waals surface area contributed by atoms with Crippen LogP contribution in [-0.4, -0.2) is 45.3 Å². The van der Waals surface area contributed by atoms with Crippen LogP contribution in [0, 0.1) is 6.92 Å². The van der Waals surface area contributed by atoms with E-state index in [-0.39, 0.29) is 24.0 Å². The second-order valence-corrected chi connectivity index (χ2v) is 13.9. The molecule has 0 radical (unpaired) electrons. The van der Waals surface area contributed by atoms with E-state index >= 15 is 0 Å². The van der Waals surface area contributed by atoms with Crippen LogP contribution in [0.4, 0.5) is 16.2 Å². The van der Waals surface area contributed by atoms with Crippen molar-refractivity contribution < 1.29 is 19.1 Å². The highest BCUT2D eigenvalue weighted by Crippen LogP contribution is 2.32. The van der Waals surface area contributed by atoms with Gasteiger partial charge in [-0.25, -0.2) is 9.78 Å². The second kappa shape index (κ2) is 13.3. The molecule has 3 amide bonds. The summed E-state index contributed by atoms with van der Waals surface area (Å²) in [6.45, 7) is 7.21. The zero-order chi connectivity index (χ0) is 31.4. The molecule has 228 valence electrons. The number of H-pyrrole nitrogens is 1. The molecule has 0 aliphatic carbocycles. The summed E-state index contributed by atoms with van der Waals surface area (Å²) in [5, 5.41) is 10.1. The van der Waals surface area contributed by atoms with Crippen LogP contribution in [0.3, 0.4) is 0 Å². The van der Waals surface area contributed by atoms with Crippen molar-refractivity contribution in [3.05, 3.63) is 83.0 Å². The Morgan fingerprint density at radius 1 is 1.07 bits per heavy atom. The lowest BCUT2D eigenvalue weighted by atomic mass is 10.0. The molecular weight excluding hydrogens is 618 g/mol. The van der Waals surface area contributed by atoms with Crippen LogP contribution >= 0.6 is 34.7 Å². The van der Waals surface area contributed by atoms with Gasteiger partial charge in [0.1, 0.15) is 11.6 Å². The predicted molar refractivity (Wildman–Crippen MR) is 179 cm³/mol. The molecule has 1 atom stereocenters. The molecule has 0 aliphatic heterocycles. The number of hydrogen-bond acceptors (Lipinski definition) is 7. The van der Waals surface area contributed by atoms with Crippen molar-refractivity contribution in [3.8, 4) is 0 Å². The van der Waals surface area contributed by atoms with Crippen molar-refractivity contribution in [2.24, 2.45) is 0 Å². The average molecular weight is 650 g/mol. The fraction of sp³-hybridized carbons (Fsp3) is 0.250. The van der Waals surface area contributed by atoms with Crippen molar-refractivity contribution in [1.29, 1.82) is 0 Å². The van der Waals surface area contributed by atoms with Crippen LogP contribution in [0.25, 0.3) is 21.1 Å². The van der Waals surface area contributed by atoms with E-state index in [9.17, 15) is 14.4 Å². The Hall–Kier alpha value is -4.06. The van der Waals surface area contributed by atoms with E-state index in [1.165, 1.54) is 23.1 Å². The Morgan fingerprint density at radius 3 is 2.66 bits per heavy atom. The van der Waals surface area contributed by atoms with Gasteiger partial charge in [0.2, 0.25) is 11.8 Å². The number of benzene rings is 3. The molecule has 0 bridgehead atoms. The molecule has 3 aromatic carbocycles. The third-order valence-electron chi connectivity index (χ3n) is 6.54. The topological polar surface area (TPSA) is 125 Å². The summed E-state index contributed by atoms with van der Waals surface area (Å²) in [7, 11) is 0.